The third-order valence-corrected chi connectivity index (χ3v) is 5.81. The molecule has 1 heterocycles. The summed E-state index contributed by atoms with van der Waals surface area (Å²) in [6.45, 7) is 0. The van der Waals surface area contributed by atoms with Gasteiger partial charge >= 0.3 is 5.97 Å². The first kappa shape index (κ1) is 15.3. The summed E-state index contributed by atoms with van der Waals surface area (Å²) in [6.07, 6.45) is 1.31. The van der Waals surface area contributed by atoms with Crippen molar-refractivity contribution in [1.82, 2.24) is 4.72 Å². The van der Waals surface area contributed by atoms with Gasteiger partial charge in [0.05, 0.1) is 4.90 Å². The van der Waals surface area contributed by atoms with E-state index >= 15 is 0 Å². The van der Waals surface area contributed by atoms with Crippen molar-refractivity contribution in [3.63, 3.8) is 0 Å². The number of rotatable bonds is 6. The van der Waals surface area contributed by atoms with Crippen LogP contribution in [0.1, 0.15) is 18.4 Å². The number of carboxylic acid groups (broad SMARTS) is 1. The lowest BCUT2D eigenvalue weighted by Crippen LogP contribution is -2.34. The SMILES string of the molecule is O=C(O)CCc1ccc(S(=O)(=O)NC2CCSC2)cc1. The highest BCUT2D eigenvalue weighted by molar-refractivity contribution is 7.99. The summed E-state index contributed by atoms with van der Waals surface area (Å²) in [4.78, 5) is 10.7. The van der Waals surface area contributed by atoms with E-state index in [1.165, 1.54) is 12.1 Å². The number of aliphatic carboxylic acids is 1. The van der Waals surface area contributed by atoms with E-state index in [0.717, 1.165) is 23.5 Å². The summed E-state index contributed by atoms with van der Waals surface area (Å²) in [6, 6.07) is 6.40. The molecule has 1 atom stereocenters. The van der Waals surface area contributed by atoms with Crippen LogP contribution in [0.2, 0.25) is 0 Å². The molecule has 1 aromatic rings. The van der Waals surface area contributed by atoms with Gasteiger partial charge in [0, 0.05) is 18.2 Å². The normalized spacial score (nSPS) is 19.1. The summed E-state index contributed by atoms with van der Waals surface area (Å²) in [7, 11) is -3.47. The number of benzene rings is 1. The average molecular weight is 315 g/mol. The Labute approximate surface area is 122 Å². The predicted molar refractivity (Wildman–Crippen MR) is 78.5 cm³/mol. The molecule has 0 aromatic heterocycles. The first-order valence-electron chi connectivity index (χ1n) is 6.38. The van der Waals surface area contributed by atoms with Gasteiger partial charge in [0.25, 0.3) is 0 Å². The fourth-order valence-electron chi connectivity index (χ4n) is 2.00. The van der Waals surface area contributed by atoms with E-state index in [-0.39, 0.29) is 17.4 Å². The zero-order valence-corrected chi connectivity index (χ0v) is 12.5. The molecule has 7 heteroatoms. The first-order valence-corrected chi connectivity index (χ1v) is 9.02. The summed E-state index contributed by atoms with van der Waals surface area (Å²) in [5, 5.41) is 8.61. The molecule has 20 heavy (non-hydrogen) atoms. The lowest BCUT2D eigenvalue weighted by Gasteiger charge is -2.12. The molecule has 1 aromatic carbocycles. The third-order valence-electron chi connectivity index (χ3n) is 3.11. The molecule has 1 unspecified atom stereocenters. The third kappa shape index (κ3) is 4.22. The van der Waals surface area contributed by atoms with Crippen LogP contribution in [-0.4, -0.2) is 37.0 Å². The van der Waals surface area contributed by atoms with E-state index in [9.17, 15) is 13.2 Å². The van der Waals surface area contributed by atoms with E-state index in [2.05, 4.69) is 4.72 Å². The van der Waals surface area contributed by atoms with Crippen molar-refractivity contribution in [2.75, 3.05) is 11.5 Å². The molecule has 0 saturated carbocycles. The van der Waals surface area contributed by atoms with Gasteiger partial charge in [-0.25, -0.2) is 13.1 Å². The standard InChI is InChI=1S/C13H17NO4S2/c15-13(16)6-3-10-1-4-12(5-2-10)20(17,18)14-11-7-8-19-9-11/h1-2,4-5,11,14H,3,6-9H2,(H,15,16). The minimum atomic E-state index is -3.47. The minimum absolute atomic E-state index is 0.0108. The van der Waals surface area contributed by atoms with E-state index in [0.29, 0.717) is 6.42 Å². The number of sulfonamides is 1. The van der Waals surface area contributed by atoms with Crippen LogP contribution >= 0.6 is 11.8 Å². The molecule has 1 aliphatic rings. The zero-order valence-electron chi connectivity index (χ0n) is 10.9. The van der Waals surface area contributed by atoms with Crippen molar-refractivity contribution < 1.29 is 18.3 Å². The number of hydrogen-bond donors (Lipinski definition) is 2. The van der Waals surface area contributed by atoms with E-state index in [1.54, 1.807) is 23.9 Å². The largest absolute Gasteiger partial charge is 0.481 e. The number of carboxylic acids is 1. The molecule has 0 spiro atoms. The van der Waals surface area contributed by atoms with Crippen molar-refractivity contribution in [3.8, 4) is 0 Å². The molecule has 0 aliphatic carbocycles. The Bertz CT molecular complexity index is 563. The molecule has 2 N–H and O–H groups in total. The number of carbonyl (C=O) groups is 1. The lowest BCUT2D eigenvalue weighted by molar-refractivity contribution is -0.136. The van der Waals surface area contributed by atoms with Gasteiger partial charge in [-0.1, -0.05) is 12.1 Å². The Morgan fingerprint density at radius 3 is 2.60 bits per heavy atom. The number of aryl methyl sites for hydroxylation is 1. The van der Waals surface area contributed by atoms with Gasteiger partial charge in [-0.3, -0.25) is 4.79 Å². The van der Waals surface area contributed by atoms with Crippen LogP contribution in [-0.2, 0) is 21.2 Å². The molecule has 2 rings (SSSR count). The molecule has 0 radical (unpaired) electrons. The summed E-state index contributed by atoms with van der Waals surface area (Å²) in [5.41, 5.74) is 0.822. The van der Waals surface area contributed by atoms with Crippen molar-refractivity contribution in [1.29, 1.82) is 0 Å². The van der Waals surface area contributed by atoms with Crippen molar-refractivity contribution in [2.24, 2.45) is 0 Å². The summed E-state index contributed by atoms with van der Waals surface area (Å²) < 4.78 is 27.0. The van der Waals surface area contributed by atoms with Gasteiger partial charge in [0.15, 0.2) is 0 Å². The van der Waals surface area contributed by atoms with Crippen LogP contribution in [0.25, 0.3) is 0 Å². The second kappa shape index (κ2) is 6.60. The number of nitrogens with one attached hydrogen (secondary N) is 1. The van der Waals surface area contributed by atoms with Crippen LogP contribution in [0.15, 0.2) is 29.2 Å². The van der Waals surface area contributed by atoms with Crippen LogP contribution < -0.4 is 4.72 Å². The molecule has 0 amide bonds. The smallest absolute Gasteiger partial charge is 0.303 e. The summed E-state index contributed by atoms with van der Waals surface area (Å²) in [5.74, 6) is 0.944. The molecule has 1 aliphatic heterocycles. The summed E-state index contributed by atoms with van der Waals surface area (Å²) >= 11 is 1.75. The van der Waals surface area contributed by atoms with E-state index in [1.807, 2.05) is 0 Å². The van der Waals surface area contributed by atoms with Gasteiger partial charge in [-0.2, -0.15) is 11.8 Å². The average Bonchev–Trinajstić information content (AvgIpc) is 2.89. The highest BCUT2D eigenvalue weighted by Gasteiger charge is 2.23. The van der Waals surface area contributed by atoms with Crippen molar-refractivity contribution in [2.45, 2.75) is 30.2 Å². The van der Waals surface area contributed by atoms with E-state index < -0.39 is 16.0 Å². The Kier molecular flexibility index (Phi) is 5.06. The molecular weight excluding hydrogens is 298 g/mol. The fourth-order valence-corrected chi connectivity index (χ4v) is 4.53. The van der Waals surface area contributed by atoms with E-state index in [4.69, 9.17) is 5.11 Å². The van der Waals surface area contributed by atoms with Gasteiger partial charge in [-0.15, -0.1) is 0 Å². The van der Waals surface area contributed by atoms with Crippen molar-refractivity contribution >= 4 is 27.8 Å². The number of thioether (sulfide) groups is 1. The molecule has 1 fully saturated rings. The Morgan fingerprint density at radius 2 is 2.05 bits per heavy atom. The van der Waals surface area contributed by atoms with Crippen molar-refractivity contribution in [3.05, 3.63) is 29.8 Å². The Morgan fingerprint density at radius 1 is 1.35 bits per heavy atom. The highest BCUT2D eigenvalue weighted by atomic mass is 32.2. The maximum atomic E-state index is 12.2. The molecule has 110 valence electrons. The Hall–Kier alpha value is -1.05. The molecular formula is C13H17NO4S2. The lowest BCUT2D eigenvalue weighted by atomic mass is 10.1. The van der Waals surface area contributed by atoms with Gasteiger partial charge in [0.1, 0.15) is 0 Å². The second-order valence-electron chi connectivity index (χ2n) is 4.72. The highest BCUT2D eigenvalue weighted by Crippen LogP contribution is 2.20. The van der Waals surface area contributed by atoms with Crippen LogP contribution in [0.5, 0.6) is 0 Å². The molecule has 1 saturated heterocycles. The van der Waals surface area contributed by atoms with Gasteiger partial charge in [0.2, 0.25) is 10.0 Å². The number of hydrogen-bond acceptors (Lipinski definition) is 4. The monoisotopic (exact) mass is 315 g/mol. The topological polar surface area (TPSA) is 83.5 Å². The van der Waals surface area contributed by atoms with Gasteiger partial charge in [-0.05, 0) is 36.3 Å². The van der Waals surface area contributed by atoms with Crippen LogP contribution in [0.3, 0.4) is 0 Å². The maximum absolute atomic E-state index is 12.2. The second-order valence-corrected chi connectivity index (χ2v) is 7.58. The molecule has 0 bridgehead atoms. The maximum Gasteiger partial charge on any atom is 0.303 e. The first-order chi connectivity index (χ1) is 9.47. The fraction of sp³-hybridized carbons (Fsp3) is 0.462. The minimum Gasteiger partial charge on any atom is -0.481 e. The van der Waals surface area contributed by atoms with Crippen LogP contribution in [0, 0.1) is 0 Å². The predicted octanol–water partition coefficient (Wildman–Crippen LogP) is 1.49. The zero-order chi connectivity index (χ0) is 14.6. The van der Waals surface area contributed by atoms with Crippen LogP contribution in [0.4, 0.5) is 0 Å². The quantitative estimate of drug-likeness (QED) is 0.831. The Balaban J connectivity index is 2.02. The van der Waals surface area contributed by atoms with Gasteiger partial charge < -0.3 is 5.11 Å². The molecule has 5 nitrogen and oxygen atoms in total.